The zero-order chi connectivity index (χ0) is 24.4. The molecular formula is C23H22F6O4. The molecule has 0 amide bonds. The molecule has 2 aromatic carbocycles. The van der Waals surface area contributed by atoms with E-state index in [1.165, 1.54) is 6.92 Å². The second-order valence-corrected chi connectivity index (χ2v) is 7.94. The minimum Gasteiger partial charge on any atom is -0.481 e. The second-order valence-electron chi connectivity index (χ2n) is 7.94. The van der Waals surface area contributed by atoms with Crippen LogP contribution in [-0.2, 0) is 26.6 Å². The van der Waals surface area contributed by atoms with E-state index in [1.807, 2.05) is 0 Å². The summed E-state index contributed by atoms with van der Waals surface area (Å²) in [6, 6.07) is 10.0. The first-order valence-corrected chi connectivity index (χ1v) is 10.2. The van der Waals surface area contributed by atoms with Crippen LogP contribution in [0.3, 0.4) is 0 Å². The van der Waals surface area contributed by atoms with E-state index in [9.17, 15) is 36.2 Å². The van der Waals surface area contributed by atoms with Gasteiger partial charge in [-0.15, -0.1) is 0 Å². The van der Waals surface area contributed by atoms with Crippen molar-refractivity contribution in [3.63, 3.8) is 0 Å². The Morgan fingerprint density at radius 1 is 1.06 bits per heavy atom. The van der Waals surface area contributed by atoms with Crippen LogP contribution >= 0.6 is 0 Å². The Hall–Kier alpha value is -2.59. The van der Waals surface area contributed by atoms with Crippen molar-refractivity contribution in [3.05, 3.63) is 70.8 Å². The molecule has 1 aliphatic rings. The SMILES string of the molecule is CC(OC1OCCC(CC(=O)O)C1c1ccccc1)c1cc(C(F)(F)F)cc(C(F)(F)F)c1. The van der Waals surface area contributed by atoms with Crippen LogP contribution in [0, 0.1) is 5.92 Å². The van der Waals surface area contributed by atoms with Crippen molar-refractivity contribution in [2.24, 2.45) is 5.92 Å². The van der Waals surface area contributed by atoms with Gasteiger partial charge in [0.2, 0.25) is 0 Å². The third kappa shape index (κ3) is 6.26. The summed E-state index contributed by atoms with van der Waals surface area (Å²) in [5.74, 6) is -1.98. The molecule has 4 unspecified atom stereocenters. The number of benzene rings is 2. The molecule has 1 fully saturated rings. The average Bonchev–Trinajstić information content (AvgIpc) is 2.72. The smallest absolute Gasteiger partial charge is 0.416 e. The zero-order valence-electron chi connectivity index (χ0n) is 17.5. The highest BCUT2D eigenvalue weighted by atomic mass is 19.4. The summed E-state index contributed by atoms with van der Waals surface area (Å²) in [7, 11) is 0. The van der Waals surface area contributed by atoms with Gasteiger partial charge in [0.1, 0.15) is 0 Å². The lowest BCUT2D eigenvalue weighted by atomic mass is 9.80. The van der Waals surface area contributed by atoms with Crippen molar-refractivity contribution in [2.45, 2.75) is 50.4 Å². The molecular weight excluding hydrogens is 454 g/mol. The molecule has 0 bridgehead atoms. The number of carboxylic acid groups (broad SMARTS) is 1. The molecule has 4 atom stereocenters. The van der Waals surface area contributed by atoms with Gasteiger partial charge in [-0.25, -0.2) is 0 Å². The molecule has 180 valence electrons. The molecule has 10 heteroatoms. The third-order valence-electron chi connectivity index (χ3n) is 5.61. The van der Waals surface area contributed by atoms with Crippen molar-refractivity contribution in [1.82, 2.24) is 0 Å². The van der Waals surface area contributed by atoms with E-state index in [4.69, 9.17) is 9.47 Å². The van der Waals surface area contributed by atoms with Gasteiger partial charge in [-0.1, -0.05) is 30.3 Å². The maximum Gasteiger partial charge on any atom is 0.416 e. The lowest BCUT2D eigenvalue weighted by Gasteiger charge is -2.39. The minimum absolute atomic E-state index is 0.0585. The van der Waals surface area contributed by atoms with Crippen molar-refractivity contribution in [1.29, 1.82) is 0 Å². The highest BCUT2D eigenvalue weighted by molar-refractivity contribution is 5.67. The van der Waals surface area contributed by atoms with Crippen LogP contribution in [0.4, 0.5) is 26.3 Å². The average molecular weight is 476 g/mol. The number of ether oxygens (including phenoxy) is 2. The van der Waals surface area contributed by atoms with Crippen LogP contribution in [0.15, 0.2) is 48.5 Å². The number of hydrogen-bond donors (Lipinski definition) is 1. The Kier molecular flexibility index (Phi) is 7.38. The first-order valence-electron chi connectivity index (χ1n) is 10.2. The van der Waals surface area contributed by atoms with Gasteiger partial charge < -0.3 is 14.6 Å². The van der Waals surface area contributed by atoms with Gasteiger partial charge >= 0.3 is 18.3 Å². The summed E-state index contributed by atoms with van der Waals surface area (Å²) < 4.78 is 90.9. The summed E-state index contributed by atoms with van der Waals surface area (Å²) in [5, 5.41) is 9.30. The number of carboxylic acids is 1. The maximum absolute atomic E-state index is 13.2. The molecule has 3 rings (SSSR count). The number of rotatable bonds is 6. The molecule has 0 radical (unpaired) electrons. The fraction of sp³-hybridized carbons (Fsp3) is 0.435. The summed E-state index contributed by atoms with van der Waals surface area (Å²) in [6.45, 7) is 1.48. The summed E-state index contributed by atoms with van der Waals surface area (Å²) in [5.41, 5.74) is -2.47. The van der Waals surface area contributed by atoms with E-state index in [0.717, 1.165) is 0 Å². The maximum atomic E-state index is 13.2. The Bertz CT molecular complexity index is 925. The van der Waals surface area contributed by atoms with E-state index >= 15 is 0 Å². The fourth-order valence-corrected chi connectivity index (χ4v) is 4.02. The van der Waals surface area contributed by atoms with Crippen LogP contribution in [0.1, 0.15) is 54.0 Å². The lowest BCUT2D eigenvalue weighted by molar-refractivity contribution is -0.210. The topological polar surface area (TPSA) is 55.8 Å². The van der Waals surface area contributed by atoms with Crippen molar-refractivity contribution < 1.29 is 45.7 Å². The number of halogens is 6. The van der Waals surface area contributed by atoms with Gasteiger partial charge in [0.15, 0.2) is 6.29 Å². The third-order valence-corrected chi connectivity index (χ3v) is 5.61. The standard InChI is InChI=1S/C23H22F6O4/c1-13(16-9-17(22(24,25)26)12-18(10-16)23(27,28)29)33-21-20(14-5-3-2-4-6-14)15(7-8-32-21)11-19(30)31/h2-6,9-10,12-13,15,20-21H,7-8,11H2,1H3,(H,30,31). The molecule has 1 heterocycles. The first kappa shape index (κ1) is 25.0. The molecule has 0 aromatic heterocycles. The van der Waals surface area contributed by atoms with Gasteiger partial charge in [-0.05, 0) is 48.6 Å². The Morgan fingerprint density at radius 3 is 2.15 bits per heavy atom. The van der Waals surface area contributed by atoms with Crippen LogP contribution in [0.2, 0.25) is 0 Å². The normalized spacial score (nSPS) is 22.7. The van der Waals surface area contributed by atoms with Crippen molar-refractivity contribution >= 4 is 5.97 Å². The molecule has 0 spiro atoms. The Morgan fingerprint density at radius 2 is 1.64 bits per heavy atom. The van der Waals surface area contributed by atoms with E-state index in [-0.39, 0.29) is 30.6 Å². The number of alkyl halides is 6. The highest BCUT2D eigenvalue weighted by Gasteiger charge is 2.40. The van der Waals surface area contributed by atoms with Crippen LogP contribution in [-0.4, -0.2) is 24.0 Å². The molecule has 1 N–H and O–H groups in total. The van der Waals surface area contributed by atoms with Crippen molar-refractivity contribution in [3.8, 4) is 0 Å². The zero-order valence-corrected chi connectivity index (χ0v) is 17.5. The van der Waals surface area contributed by atoms with E-state index in [1.54, 1.807) is 30.3 Å². The van der Waals surface area contributed by atoms with Crippen LogP contribution in [0.5, 0.6) is 0 Å². The molecule has 1 saturated heterocycles. The first-order chi connectivity index (χ1) is 15.4. The van der Waals surface area contributed by atoms with E-state index in [2.05, 4.69) is 0 Å². The van der Waals surface area contributed by atoms with Gasteiger partial charge in [0.25, 0.3) is 0 Å². The predicted octanol–water partition coefficient (Wildman–Crippen LogP) is 6.42. The summed E-state index contributed by atoms with van der Waals surface area (Å²) >= 11 is 0. The predicted molar refractivity (Wildman–Crippen MR) is 105 cm³/mol. The Balaban J connectivity index is 1.94. The van der Waals surface area contributed by atoms with E-state index < -0.39 is 47.8 Å². The number of carbonyl (C=O) groups is 1. The summed E-state index contributed by atoms with van der Waals surface area (Å²) in [6.07, 6.45) is -12.0. The van der Waals surface area contributed by atoms with Gasteiger partial charge in [0.05, 0.1) is 23.8 Å². The van der Waals surface area contributed by atoms with Crippen LogP contribution in [0.25, 0.3) is 0 Å². The van der Waals surface area contributed by atoms with Crippen LogP contribution < -0.4 is 0 Å². The van der Waals surface area contributed by atoms with Gasteiger partial charge in [0, 0.05) is 12.3 Å². The van der Waals surface area contributed by atoms with E-state index in [0.29, 0.717) is 24.1 Å². The lowest BCUT2D eigenvalue weighted by Crippen LogP contribution is -2.38. The Labute approximate surface area is 186 Å². The molecule has 0 saturated carbocycles. The monoisotopic (exact) mass is 476 g/mol. The summed E-state index contributed by atoms with van der Waals surface area (Å²) in [4.78, 5) is 11.4. The largest absolute Gasteiger partial charge is 0.481 e. The molecule has 0 aliphatic carbocycles. The van der Waals surface area contributed by atoms with Gasteiger partial charge in [-0.2, -0.15) is 26.3 Å². The molecule has 2 aromatic rings. The second kappa shape index (κ2) is 9.72. The molecule has 1 aliphatic heterocycles. The number of hydrogen-bond acceptors (Lipinski definition) is 3. The number of aliphatic carboxylic acids is 1. The minimum atomic E-state index is -4.98. The fourth-order valence-electron chi connectivity index (χ4n) is 4.02. The quantitative estimate of drug-likeness (QED) is 0.489. The molecule has 33 heavy (non-hydrogen) atoms. The highest BCUT2D eigenvalue weighted by Crippen LogP contribution is 2.42. The van der Waals surface area contributed by atoms with Crippen molar-refractivity contribution in [2.75, 3.05) is 6.61 Å². The van der Waals surface area contributed by atoms with Gasteiger partial charge in [-0.3, -0.25) is 4.79 Å². The molecule has 4 nitrogen and oxygen atoms in total.